The van der Waals surface area contributed by atoms with Gasteiger partial charge in [-0.2, -0.15) is 0 Å². The first-order valence-electron chi connectivity index (χ1n) is 7.95. The summed E-state index contributed by atoms with van der Waals surface area (Å²) >= 11 is 0. The molecule has 2 N–H and O–H groups in total. The number of amides is 1. The van der Waals surface area contributed by atoms with E-state index in [1.807, 2.05) is 0 Å². The minimum atomic E-state index is -3.52. The number of carboxylic acid groups (broad SMARTS) is 1. The minimum absolute atomic E-state index is 0.0262. The lowest BCUT2D eigenvalue weighted by molar-refractivity contribution is -0.151. The molecule has 22 heavy (non-hydrogen) atoms. The Balaban J connectivity index is 2.12. The molecular formula is C15H25NO5S. The van der Waals surface area contributed by atoms with Gasteiger partial charge in [0.25, 0.3) is 0 Å². The maximum atomic E-state index is 12.5. The van der Waals surface area contributed by atoms with Crippen LogP contribution in [0.1, 0.15) is 57.8 Å². The van der Waals surface area contributed by atoms with E-state index in [2.05, 4.69) is 5.32 Å². The van der Waals surface area contributed by atoms with E-state index in [4.69, 9.17) is 0 Å². The second kappa shape index (κ2) is 6.18. The van der Waals surface area contributed by atoms with Crippen molar-refractivity contribution in [1.82, 2.24) is 5.32 Å². The van der Waals surface area contributed by atoms with Crippen molar-refractivity contribution in [3.05, 3.63) is 0 Å². The summed E-state index contributed by atoms with van der Waals surface area (Å²) in [4.78, 5) is 24.2. The van der Waals surface area contributed by atoms with Crippen LogP contribution in [0.3, 0.4) is 0 Å². The van der Waals surface area contributed by atoms with Gasteiger partial charge in [0.2, 0.25) is 5.91 Å². The van der Waals surface area contributed by atoms with Crippen LogP contribution in [0.5, 0.6) is 0 Å². The summed E-state index contributed by atoms with van der Waals surface area (Å²) in [5, 5.41) is 12.2. The fraction of sp³-hybridized carbons (Fsp3) is 0.867. The maximum absolute atomic E-state index is 12.5. The fourth-order valence-corrected chi connectivity index (χ4v) is 5.26. The third-order valence-corrected chi connectivity index (χ3v) is 7.40. The monoisotopic (exact) mass is 331 g/mol. The summed E-state index contributed by atoms with van der Waals surface area (Å²) < 4.78 is 22.8. The van der Waals surface area contributed by atoms with Crippen molar-refractivity contribution < 1.29 is 23.1 Å². The predicted octanol–water partition coefficient (Wildman–Crippen LogP) is 1.50. The summed E-state index contributed by atoms with van der Waals surface area (Å²) in [6.07, 6.45) is 6.94. The summed E-state index contributed by atoms with van der Waals surface area (Å²) in [6.45, 7) is 0.0262. The Morgan fingerprint density at radius 2 is 1.50 bits per heavy atom. The number of carbonyl (C=O) groups is 2. The zero-order chi connectivity index (χ0) is 16.4. The van der Waals surface area contributed by atoms with Crippen LogP contribution in [-0.4, -0.2) is 42.9 Å². The quantitative estimate of drug-likeness (QED) is 0.795. The van der Waals surface area contributed by atoms with Gasteiger partial charge in [0, 0.05) is 12.8 Å². The maximum Gasteiger partial charge on any atom is 0.311 e. The van der Waals surface area contributed by atoms with Crippen molar-refractivity contribution in [2.45, 2.75) is 62.5 Å². The number of carboxylic acids is 1. The Morgan fingerprint density at radius 1 is 1.00 bits per heavy atom. The Morgan fingerprint density at radius 3 is 1.95 bits per heavy atom. The zero-order valence-electron chi connectivity index (χ0n) is 13.1. The van der Waals surface area contributed by atoms with Crippen LogP contribution in [0.2, 0.25) is 0 Å². The molecular weight excluding hydrogens is 306 g/mol. The predicted molar refractivity (Wildman–Crippen MR) is 82.2 cm³/mol. The van der Waals surface area contributed by atoms with E-state index in [0.717, 1.165) is 25.5 Å². The van der Waals surface area contributed by atoms with Gasteiger partial charge < -0.3 is 10.4 Å². The molecule has 0 saturated heterocycles. The van der Waals surface area contributed by atoms with Crippen molar-refractivity contribution in [3.63, 3.8) is 0 Å². The van der Waals surface area contributed by atoms with E-state index in [-0.39, 0.29) is 6.54 Å². The first-order valence-corrected chi connectivity index (χ1v) is 9.84. The van der Waals surface area contributed by atoms with E-state index in [0.29, 0.717) is 38.5 Å². The molecule has 0 spiro atoms. The van der Waals surface area contributed by atoms with E-state index >= 15 is 0 Å². The van der Waals surface area contributed by atoms with Gasteiger partial charge in [-0.1, -0.05) is 32.1 Å². The lowest BCUT2D eigenvalue weighted by Gasteiger charge is -2.34. The second-order valence-corrected chi connectivity index (χ2v) is 9.13. The number of hydrogen-bond donors (Lipinski definition) is 2. The topological polar surface area (TPSA) is 101 Å². The van der Waals surface area contributed by atoms with E-state index < -0.39 is 31.9 Å². The Kier molecular flexibility index (Phi) is 4.84. The molecule has 6 nitrogen and oxygen atoms in total. The number of sulfone groups is 1. The third-order valence-electron chi connectivity index (χ3n) is 5.39. The molecule has 0 atom stereocenters. The Hall–Kier alpha value is -1.11. The normalized spacial score (nSPS) is 23.9. The highest BCUT2D eigenvalue weighted by Crippen LogP contribution is 2.39. The highest BCUT2D eigenvalue weighted by atomic mass is 32.2. The molecule has 0 aliphatic heterocycles. The lowest BCUT2D eigenvalue weighted by Crippen LogP contribution is -2.54. The molecule has 0 heterocycles. The van der Waals surface area contributed by atoms with Gasteiger partial charge in [-0.3, -0.25) is 9.59 Å². The minimum Gasteiger partial charge on any atom is -0.481 e. The van der Waals surface area contributed by atoms with Crippen LogP contribution < -0.4 is 5.32 Å². The van der Waals surface area contributed by atoms with Crippen molar-refractivity contribution in [1.29, 1.82) is 0 Å². The SMILES string of the molecule is CS(=O)(=O)C1(C(=O)NCC2(C(=O)O)CCCCC2)CCCC1. The van der Waals surface area contributed by atoms with Gasteiger partial charge in [-0.05, 0) is 25.7 Å². The molecule has 2 saturated carbocycles. The Bertz CT molecular complexity index is 542. The summed E-state index contributed by atoms with van der Waals surface area (Å²) in [6, 6.07) is 0. The molecule has 2 fully saturated rings. The number of aliphatic carboxylic acids is 1. The third kappa shape index (κ3) is 3.00. The first kappa shape index (κ1) is 17.2. The zero-order valence-corrected chi connectivity index (χ0v) is 13.9. The number of carbonyl (C=O) groups excluding carboxylic acids is 1. The molecule has 2 aliphatic rings. The molecule has 0 aromatic carbocycles. The molecule has 0 bridgehead atoms. The molecule has 0 aromatic heterocycles. The highest BCUT2D eigenvalue weighted by Gasteiger charge is 2.51. The van der Waals surface area contributed by atoms with Crippen LogP contribution >= 0.6 is 0 Å². The smallest absolute Gasteiger partial charge is 0.311 e. The van der Waals surface area contributed by atoms with E-state index in [1.165, 1.54) is 0 Å². The fourth-order valence-electron chi connectivity index (χ4n) is 3.82. The van der Waals surface area contributed by atoms with Crippen molar-refractivity contribution in [3.8, 4) is 0 Å². The molecule has 126 valence electrons. The standard InChI is InChI=1S/C15H25NO5S/c1-22(20,21)15(9-5-6-10-15)12(17)16-11-14(13(18)19)7-3-2-4-8-14/h2-11H2,1H3,(H,16,17)(H,18,19). The van der Waals surface area contributed by atoms with Crippen LogP contribution in [0.25, 0.3) is 0 Å². The van der Waals surface area contributed by atoms with Gasteiger partial charge in [0.1, 0.15) is 4.75 Å². The molecule has 0 radical (unpaired) electrons. The van der Waals surface area contributed by atoms with Crippen molar-refractivity contribution in [2.75, 3.05) is 12.8 Å². The van der Waals surface area contributed by atoms with Crippen LogP contribution in [0.15, 0.2) is 0 Å². The lowest BCUT2D eigenvalue weighted by atomic mass is 9.74. The molecule has 2 aliphatic carbocycles. The van der Waals surface area contributed by atoms with Crippen LogP contribution in [0, 0.1) is 5.41 Å². The van der Waals surface area contributed by atoms with Crippen LogP contribution in [-0.2, 0) is 19.4 Å². The van der Waals surface area contributed by atoms with Crippen molar-refractivity contribution >= 4 is 21.7 Å². The molecule has 7 heteroatoms. The largest absolute Gasteiger partial charge is 0.481 e. The van der Waals surface area contributed by atoms with Gasteiger partial charge in [-0.15, -0.1) is 0 Å². The summed E-state index contributed by atoms with van der Waals surface area (Å²) in [7, 11) is -3.52. The summed E-state index contributed by atoms with van der Waals surface area (Å²) in [5.74, 6) is -1.41. The number of rotatable bonds is 5. The van der Waals surface area contributed by atoms with Gasteiger partial charge in [0.15, 0.2) is 9.84 Å². The number of nitrogens with one attached hydrogen (secondary N) is 1. The average Bonchev–Trinajstić information content (AvgIpc) is 2.96. The molecule has 2 rings (SSSR count). The van der Waals surface area contributed by atoms with Gasteiger partial charge in [-0.25, -0.2) is 8.42 Å². The van der Waals surface area contributed by atoms with Crippen molar-refractivity contribution in [2.24, 2.45) is 5.41 Å². The number of hydrogen-bond acceptors (Lipinski definition) is 4. The van der Waals surface area contributed by atoms with Gasteiger partial charge >= 0.3 is 5.97 Å². The molecule has 0 unspecified atom stereocenters. The van der Waals surface area contributed by atoms with Crippen LogP contribution in [0.4, 0.5) is 0 Å². The van der Waals surface area contributed by atoms with Gasteiger partial charge in [0.05, 0.1) is 5.41 Å². The Labute approximate surface area is 131 Å². The molecule has 1 amide bonds. The summed E-state index contributed by atoms with van der Waals surface area (Å²) in [5.41, 5.74) is -0.939. The van der Waals surface area contributed by atoms with E-state index in [9.17, 15) is 23.1 Å². The highest BCUT2D eigenvalue weighted by molar-refractivity contribution is 7.92. The molecule has 0 aromatic rings. The first-order chi connectivity index (χ1) is 10.2. The van der Waals surface area contributed by atoms with E-state index in [1.54, 1.807) is 0 Å². The average molecular weight is 331 g/mol. The second-order valence-electron chi connectivity index (χ2n) is 6.80.